The highest BCUT2D eigenvalue weighted by molar-refractivity contribution is 6.01. The van der Waals surface area contributed by atoms with Gasteiger partial charge in [-0.1, -0.05) is 36.9 Å². The van der Waals surface area contributed by atoms with Crippen LogP contribution in [-0.4, -0.2) is 37.4 Å². The summed E-state index contributed by atoms with van der Waals surface area (Å²) >= 11 is 0. The summed E-state index contributed by atoms with van der Waals surface area (Å²) < 4.78 is 0. The van der Waals surface area contributed by atoms with Gasteiger partial charge in [-0.25, -0.2) is 9.97 Å². The Kier molecular flexibility index (Phi) is 5.48. The number of nitrogens with zero attached hydrogens (tertiary/aromatic N) is 5. The van der Waals surface area contributed by atoms with Crippen molar-refractivity contribution >= 4 is 34.1 Å². The van der Waals surface area contributed by atoms with E-state index in [0.29, 0.717) is 35.4 Å². The first-order valence-corrected chi connectivity index (χ1v) is 9.60. The molecule has 0 aliphatic heterocycles. The maximum absolute atomic E-state index is 12.4. The van der Waals surface area contributed by atoms with Gasteiger partial charge in [0.05, 0.1) is 11.4 Å². The number of phenolic OH excluding ortho intramolecular Hbond substituents is 1. The molecule has 2 heterocycles. The molecule has 0 spiro atoms. The quantitative estimate of drug-likeness (QED) is 0.313. The summed E-state index contributed by atoms with van der Waals surface area (Å²) in [5.41, 5.74) is 12.0. The highest BCUT2D eigenvalue weighted by Crippen LogP contribution is 2.26. The van der Waals surface area contributed by atoms with E-state index in [1.165, 1.54) is 17.2 Å². The first kappa shape index (κ1) is 19.9. The van der Waals surface area contributed by atoms with Gasteiger partial charge in [-0.3, -0.25) is 10.2 Å². The molecule has 4 aromatic rings. The monoisotopic (exact) mass is 415 g/mol. The summed E-state index contributed by atoms with van der Waals surface area (Å²) in [5, 5.41) is 14.7. The summed E-state index contributed by atoms with van der Waals surface area (Å²) in [4.78, 5) is 23.9. The number of carbonyl (C=O) groups excluding carboxylic acids is 1. The van der Waals surface area contributed by atoms with Crippen molar-refractivity contribution in [1.29, 1.82) is 0 Å². The minimum Gasteiger partial charge on any atom is -0.506 e. The van der Waals surface area contributed by atoms with Gasteiger partial charge in [0.15, 0.2) is 11.3 Å². The number of benzene rings is 2. The average molecular weight is 415 g/mol. The number of anilines is 3. The maximum atomic E-state index is 12.4. The van der Waals surface area contributed by atoms with Gasteiger partial charge in [-0.15, -0.1) is 0 Å². The lowest BCUT2D eigenvalue weighted by atomic mass is 10.2. The van der Waals surface area contributed by atoms with Crippen molar-refractivity contribution in [3.63, 3.8) is 0 Å². The zero-order valence-electron chi connectivity index (χ0n) is 16.6. The topological polar surface area (TPSA) is 122 Å². The summed E-state index contributed by atoms with van der Waals surface area (Å²) in [6, 6.07) is 16.1. The molecule has 0 unspecified atom stereocenters. The number of para-hydroxylation sites is 3. The van der Waals surface area contributed by atoms with Crippen molar-refractivity contribution in [1.82, 2.24) is 19.9 Å². The Morgan fingerprint density at radius 3 is 2.65 bits per heavy atom. The second kappa shape index (κ2) is 8.54. The Bertz CT molecular complexity index is 1240. The lowest BCUT2D eigenvalue weighted by molar-refractivity contribution is -0.114. The van der Waals surface area contributed by atoms with E-state index in [1.54, 1.807) is 29.2 Å². The number of rotatable bonds is 7. The van der Waals surface area contributed by atoms with Crippen LogP contribution in [0.2, 0.25) is 0 Å². The fraction of sp³-hybridized carbons (Fsp3) is 0.0909. The Morgan fingerprint density at radius 2 is 1.90 bits per heavy atom. The molecule has 0 saturated heterocycles. The molecule has 9 nitrogen and oxygen atoms in total. The molecule has 0 saturated carbocycles. The van der Waals surface area contributed by atoms with Crippen molar-refractivity contribution in [3.8, 4) is 5.75 Å². The zero-order chi connectivity index (χ0) is 21.8. The van der Waals surface area contributed by atoms with Gasteiger partial charge in [0, 0.05) is 18.7 Å². The van der Waals surface area contributed by atoms with Crippen LogP contribution in [0.15, 0.2) is 73.6 Å². The highest BCUT2D eigenvalue weighted by Gasteiger charge is 2.19. The van der Waals surface area contributed by atoms with E-state index >= 15 is 0 Å². The number of aromatic nitrogens is 4. The maximum Gasteiger partial charge on any atom is 0.250 e. The van der Waals surface area contributed by atoms with Crippen LogP contribution in [0.25, 0.3) is 11.0 Å². The van der Waals surface area contributed by atoms with Crippen LogP contribution < -0.4 is 16.1 Å². The number of aromatic hydroxyl groups is 1. The number of hydrogen-bond acceptors (Lipinski definition) is 7. The Balaban J connectivity index is 1.68. The van der Waals surface area contributed by atoms with E-state index in [4.69, 9.17) is 5.73 Å². The SMILES string of the molecule is C=CC(=O)N(CCc1nn(Nc2ccccc2O)c2c(N)ncnc12)c1ccccc1. The van der Waals surface area contributed by atoms with Crippen LogP contribution in [0.3, 0.4) is 0 Å². The molecular weight excluding hydrogens is 394 g/mol. The zero-order valence-corrected chi connectivity index (χ0v) is 16.6. The fourth-order valence-corrected chi connectivity index (χ4v) is 3.26. The smallest absolute Gasteiger partial charge is 0.250 e. The molecule has 2 aromatic heterocycles. The summed E-state index contributed by atoms with van der Waals surface area (Å²) in [6.07, 6.45) is 3.07. The van der Waals surface area contributed by atoms with Crippen LogP contribution >= 0.6 is 0 Å². The molecule has 0 atom stereocenters. The molecule has 1 amide bonds. The van der Waals surface area contributed by atoms with Crippen LogP contribution in [0.1, 0.15) is 5.69 Å². The number of nitrogens with two attached hydrogens (primary N) is 1. The van der Waals surface area contributed by atoms with Gasteiger partial charge in [0.1, 0.15) is 17.6 Å². The molecule has 4 N–H and O–H groups in total. The third-order valence-corrected chi connectivity index (χ3v) is 4.77. The number of nitrogens with one attached hydrogen (secondary N) is 1. The van der Waals surface area contributed by atoms with E-state index in [-0.39, 0.29) is 17.5 Å². The minimum atomic E-state index is -0.212. The van der Waals surface area contributed by atoms with Gasteiger partial charge >= 0.3 is 0 Å². The van der Waals surface area contributed by atoms with Gasteiger partial charge in [0.2, 0.25) is 5.91 Å². The second-order valence-electron chi connectivity index (χ2n) is 6.72. The van der Waals surface area contributed by atoms with Gasteiger partial charge in [0.25, 0.3) is 0 Å². The van der Waals surface area contributed by atoms with Gasteiger partial charge in [-0.2, -0.15) is 9.89 Å². The van der Waals surface area contributed by atoms with Crippen molar-refractivity contribution in [2.45, 2.75) is 6.42 Å². The molecule has 2 aromatic carbocycles. The van der Waals surface area contributed by atoms with Crippen LogP contribution in [0.5, 0.6) is 5.75 Å². The Labute approximate surface area is 178 Å². The molecule has 156 valence electrons. The molecule has 0 aliphatic carbocycles. The Morgan fingerprint density at radius 1 is 1.16 bits per heavy atom. The van der Waals surface area contributed by atoms with E-state index in [0.717, 1.165) is 5.69 Å². The van der Waals surface area contributed by atoms with E-state index in [2.05, 4.69) is 27.1 Å². The predicted octanol–water partition coefficient (Wildman–Crippen LogP) is 2.75. The average Bonchev–Trinajstić information content (AvgIpc) is 3.14. The number of amides is 1. The van der Waals surface area contributed by atoms with Gasteiger partial charge in [-0.05, 0) is 30.3 Å². The number of phenols is 1. The van der Waals surface area contributed by atoms with Gasteiger partial charge < -0.3 is 15.7 Å². The summed E-state index contributed by atoms with van der Waals surface area (Å²) in [7, 11) is 0. The first-order valence-electron chi connectivity index (χ1n) is 9.60. The molecule has 0 aliphatic rings. The van der Waals surface area contributed by atoms with E-state index in [9.17, 15) is 9.90 Å². The molecule has 9 heteroatoms. The molecule has 0 bridgehead atoms. The van der Waals surface area contributed by atoms with E-state index in [1.807, 2.05) is 30.3 Å². The number of nitrogen functional groups attached to an aromatic ring is 1. The molecule has 0 fully saturated rings. The highest BCUT2D eigenvalue weighted by atomic mass is 16.3. The largest absolute Gasteiger partial charge is 0.506 e. The number of hydrogen-bond donors (Lipinski definition) is 3. The number of carbonyl (C=O) groups is 1. The first-order chi connectivity index (χ1) is 15.1. The fourth-order valence-electron chi connectivity index (χ4n) is 3.26. The third kappa shape index (κ3) is 4.01. The van der Waals surface area contributed by atoms with E-state index < -0.39 is 0 Å². The normalized spacial score (nSPS) is 10.7. The standard InChI is InChI=1S/C22H21N7O2/c1-2-19(31)28(15-8-4-3-5-9-15)13-12-17-20-21(22(23)25-14-24-20)29(27-17)26-16-10-6-7-11-18(16)30/h2-11,14,26,30H,1,12-13H2,(H2,23,24,25). The summed E-state index contributed by atoms with van der Waals surface area (Å²) in [5.74, 6) is 0.0973. The second-order valence-corrected chi connectivity index (χ2v) is 6.72. The Hall–Kier alpha value is -4.40. The third-order valence-electron chi connectivity index (χ3n) is 4.77. The molecule has 0 radical (unpaired) electrons. The summed E-state index contributed by atoms with van der Waals surface area (Å²) in [6.45, 7) is 3.96. The van der Waals surface area contributed by atoms with Crippen LogP contribution in [0.4, 0.5) is 17.2 Å². The molecular formula is C22H21N7O2. The molecule has 4 rings (SSSR count). The van der Waals surface area contributed by atoms with Crippen molar-refractivity contribution in [3.05, 3.63) is 79.3 Å². The molecule has 31 heavy (non-hydrogen) atoms. The predicted molar refractivity (Wildman–Crippen MR) is 120 cm³/mol. The van der Waals surface area contributed by atoms with Crippen LogP contribution in [-0.2, 0) is 11.2 Å². The lowest BCUT2D eigenvalue weighted by Gasteiger charge is -2.20. The minimum absolute atomic E-state index is 0.0648. The number of fused-ring (bicyclic) bond motifs is 1. The lowest BCUT2D eigenvalue weighted by Crippen LogP contribution is -2.31. The van der Waals surface area contributed by atoms with Crippen molar-refractivity contribution in [2.24, 2.45) is 0 Å². The van der Waals surface area contributed by atoms with Crippen LogP contribution in [0, 0.1) is 0 Å². The van der Waals surface area contributed by atoms with Crippen molar-refractivity contribution in [2.75, 3.05) is 22.6 Å². The van der Waals surface area contributed by atoms with Crippen molar-refractivity contribution < 1.29 is 9.90 Å².